The Kier molecular flexibility index (Phi) is 3.96. The maximum Gasteiger partial charge on any atom is 0.0349 e. The summed E-state index contributed by atoms with van der Waals surface area (Å²) in [6.07, 6.45) is 6.35. The van der Waals surface area contributed by atoms with Crippen LogP contribution in [0.25, 0.3) is 0 Å². The minimum atomic E-state index is 0.225. The van der Waals surface area contributed by atoms with Crippen molar-refractivity contribution in [3.8, 4) is 0 Å². The van der Waals surface area contributed by atoms with Gasteiger partial charge in [0, 0.05) is 11.6 Å². The van der Waals surface area contributed by atoms with Gasteiger partial charge < -0.3 is 10.6 Å². The number of rotatable bonds is 6. The molecule has 0 aromatic rings. The Morgan fingerprint density at radius 3 is 2.07 bits per heavy atom. The van der Waals surface area contributed by atoms with Crippen LogP contribution in [0.2, 0.25) is 0 Å². The van der Waals surface area contributed by atoms with Crippen molar-refractivity contribution >= 4 is 0 Å². The topological polar surface area (TPSA) is 29.3 Å². The molecule has 0 radical (unpaired) electrons. The normalized spacial score (nSPS) is 20.1. The van der Waals surface area contributed by atoms with Gasteiger partial charge in [0.2, 0.25) is 0 Å². The van der Waals surface area contributed by atoms with Gasteiger partial charge in [0.1, 0.15) is 0 Å². The van der Waals surface area contributed by atoms with Crippen molar-refractivity contribution in [2.75, 3.05) is 14.1 Å². The lowest BCUT2D eigenvalue weighted by Crippen LogP contribution is -2.56. The lowest BCUT2D eigenvalue weighted by molar-refractivity contribution is 0.0993. The van der Waals surface area contributed by atoms with Crippen LogP contribution in [0.15, 0.2) is 0 Å². The highest BCUT2D eigenvalue weighted by molar-refractivity contribution is 4.97. The monoisotopic (exact) mass is 198 g/mol. The van der Waals surface area contributed by atoms with Crippen LogP contribution in [0.4, 0.5) is 0 Å². The fraction of sp³-hybridized carbons (Fsp3) is 1.00. The summed E-state index contributed by atoms with van der Waals surface area (Å²) in [5.41, 5.74) is 6.60. The van der Waals surface area contributed by atoms with Crippen molar-refractivity contribution in [1.82, 2.24) is 4.90 Å². The van der Waals surface area contributed by atoms with Gasteiger partial charge in [-0.3, -0.25) is 0 Å². The molecule has 1 saturated carbocycles. The van der Waals surface area contributed by atoms with E-state index in [-0.39, 0.29) is 5.54 Å². The number of nitrogens with zero attached hydrogens (tertiary/aromatic N) is 1. The zero-order valence-corrected chi connectivity index (χ0v) is 10.2. The molecule has 0 aromatic heterocycles. The zero-order valence-electron chi connectivity index (χ0n) is 10.2. The lowest BCUT2D eigenvalue weighted by atomic mass is 9.81. The van der Waals surface area contributed by atoms with Crippen molar-refractivity contribution in [2.45, 2.75) is 57.5 Å². The van der Waals surface area contributed by atoms with Gasteiger partial charge in [-0.1, -0.05) is 26.7 Å². The molecule has 1 unspecified atom stereocenters. The molecular formula is C12H26N2. The molecule has 1 fully saturated rings. The Morgan fingerprint density at radius 2 is 1.79 bits per heavy atom. The second-order valence-corrected chi connectivity index (χ2v) is 4.99. The Labute approximate surface area is 88.8 Å². The highest BCUT2D eigenvalue weighted by Gasteiger charge is 2.38. The molecule has 84 valence electrons. The highest BCUT2D eigenvalue weighted by Crippen LogP contribution is 2.37. The average molecular weight is 198 g/mol. The molecule has 1 aliphatic rings. The summed E-state index contributed by atoms with van der Waals surface area (Å²) in [7, 11) is 4.33. The summed E-state index contributed by atoms with van der Waals surface area (Å²) in [4.78, 5) is 2.33. The van der Waals surface area contributed by atoms with Gasteiger partial charge in [0.25, 0.3) is 0 Å². The minimum Gasteiger partial charge on any atom is -0.326 e. The summed E-state index contributed by atoms with van der Waals surface area (Å²) in [6, 6.07) is 0.347. The summed E-state index contributed by atoms with van der Waals surface area (Å²) in [5, 5.41) is 0. The fourth-order valence-electron chi connectivity index (χ4n) is 2.67. The van der Waals surface area contributed by atoms with Crippen molar-refractivity contribution < 1.29 is 0 Å². The third-order valence-corrected chi connectivity index (χ3v) is 4.09. The molecule has 0 heterocycles. The summed E-state index contributed by atoms with van der Waals surface area (Å²) < 4.78 is 0. The fourth-order valence-corrected chi connectivity index (χ4v) is 2.67. The lowest BCUT2D eigenvalue weighted by Gasteiger charge is -2.43. The van der Waals surface area contributed by atoms with E-state index in [1.54, 1.807) is 0 Å². The van der Waals surface area contributed by atoms with Gasteiger partial charge >= 0.3 is 0 Å². The summed E-state index contributed by atoms with van der Waals surface area (Å²) >= 11 is 0. The molecule has 0 bridgehead atoms. The van der Waals surface area contributed by atoms with Crippen LogP contribution < -0.4 is 5.73 Å². The van der Waals surface area contributed by atoms with Gasteiger partial charge in [-0.2, -0.15) is 0 Å². The largest absolute Gasteiger partial charge is 0.326 e. The predicted octanol–water partition coefficient (Wildman–Crippen LogP) is 2.23. The van der Waals surface area contributed by atoms with Gasteiger partial charge in [-0.05, 0) is 39.3 Å². The molecule has 0 amide bonds. The second-order valence-electron chi connectivity index (χ2n) is 4.99. The Morgan fingerprint density at radius 1 is 1.29 bits per heavy atom. The van der Waals surface area contributed by atoms with E-state index in [2.05, 4.69) is 32.8 Å². The Hall–Kier alpha value is -0.0800. The highest BCUT2D eigenvalue weighted by atomic mass is 15.2. The third-order valence-electron chi connectivity index (χ3n) is 4.09. The maximum atomic E-state index is 6.37. The van der Waals surface area contributed by atoms with E-state index in [0.717, 1.165) is 18.8 Å². The molecule has 14 heavy (non-hydrogen) atoms. The van der Waals surface area contributed by atoms with E-state index in [9.17, 15) is 0 Å². The molecule has 2 nitrogen and oxygen atoms in total. The first kappa shape index (κ1) is 12.0. The van der Waals surface area contributed by atoms with Crippen LogP contribution in [0, 0.1) is 5.92 Å². The van der Waals surface area contributed by atoms with Gasteiger partial charge in [-0.25, -0.2) is 0 Å². The first-order valence-corrected chi connectivity index (χ1v) is 5.99. The van der Waals surface area contributed by atoms with E-state index < -0.39 is 0 Å². The van der Waals surface area contributed by atoms with E-state index in [0.29, 0.717) is 6.04 Å². The van der Waals surface area contributed by atoms with Crippen molar-refractivity contribution in [2.24, 2.45) is 11.7 Å². The first-order valence-electron chi connectivity index (χ1n) is 5.99. The SMILES string of the molecule is CCC(CC)(C(N)CC1CC1)N(C)C. The van der Waals surface area contributed by atoms with Crippen molar-refractivity contribution in [1.29, 1.82) is 0 Å². The molecule has 1 aliphatic carbocycles. The van der Waals surface area contributed by atoms with Gasteiger partial charge in [0.15, 0.2) is 0 Å². The second kappa shape index (κ2) is 4.63. The van der Waals surface area contributed by atoms with Crippen LogP contribution >= 0.6 is 0 Å². The summed E-state index contributed by atoms with van der Waals surface area (Å²) in [6.45, 7) is 4.52. The van der Waals surface area contributed by atoms with Crippen molar-refractivity contribution in [3.05, 3.63) is 0 Å². The number of nitrogens with two attached hydrogens (primary N) is 1. The predicted molar refractivity (Wildman–Crippen MR) is 62.3 cm³/mol. The standard InChI is InChI=1S/C12H26N2/c1-5-12(6-2,14(3)4)11(13)9-10-7-8-10/h10-11H,5-9,13H2,1-4H3. The molecule has 2 heteroatoms. The Bertz CT molecular complexity index is 169. The van der Waals surface area contributed by atoms with Crippen LogP contribution in [0.1, 0.15) is 46.0 Å². The van der Waals surface area contributed by atoms with Crippen LogP contribution in [0.5, 0.6) is 0 Å². The third kappa shape index (κ3) is 2.29. The van der Waals surface area contributed by atoms with E-state index in [1.165, 1.54) is 19.3 Å². The zero-order chi connectivity index (χ0) is 10.8. The number of likely N-dealkylation sites (N-methyl/N-ethyl adjacent to an activating group) is 1. The smallest absolute Gasteiger partial charge is 0.0349 e. The number of hydrogen-bond acceptors (Lipinski definition) is 2. The molecule has 0 aliphatic heterocycles. The van der Waals surface area contributed by atoms with E-state index >= 15 is 0 Å². The van der Waals surface area contributed by atoms with Crippen LogP contribution in [0.3, 0.4) is 0 Å². The Balaban J connectivity index is 2.62. The van der Waals surface area contributed by atoms with Crippen LogP contribution in [-0.2, 0) is 0 Å². The molecule has 0 saturated heterocycles. The van der Waals surface area contributed by atoms with Crippen LogP contribution in [-0.4, -0.2) is 30.6 Å². The number of hydrogen-bond donors (Lipinski definition) is 1. The van der Waals surface area contributed by atoms with Crippen molar-refractivity contribution in [3.63, 3.8) is 0 Å². The average Bonchev–Trinajstić information content (AvgIpc) is 2.90. The van der Waals surface area contributed by atoms with Gasteiger partial charge in [0.05, 0.1) is 0 Å². The molecule has 0 aromatic carbocycles. The molecule has 1 atom stereocenters. The van der Waals surface area contributed by atoms with E-state index in [1.807, 2.05) is 0 Å². The summed E-state index contributed by atoms with van der Waals surface area (Å²) in [5.74, 6) is 0.933. The van der Waals surface area contributed by atoms with E-state index in [4.69, 9.17) is 5.73 Å². The first-order chi connectivity index (χ1) is 6.56. The maximum absolute atomic E-state index is 6.37. The molecule has 1 rings (SSSR count). The molecule has 0 spiro atoms. The molecule has 2 N–H and O–H groups in total. The quantitative estimate of drug-likeness (QED) is 0.709. The molecular weight excluding hydrogens is 172 g/mol. The van der Waals surface area contributed by atoms with Gasteiger partial charge in [-0.15, -0.1) is 0 Å². The minimum absolute atomic E-state index is 0.225.